The molecule has 0 radical (unpaired) electrons. The molecular weight excluding hydrogens is 439 g/mol. The van der Waals surface area contributed by atoms with Crippen molar-refractivity contribution in [2.24, 2.45) is 0 Å². The van der Waals surface area contributed by atoms with Crippen LogP contribution in [-0.4, -0.2) is 36.1 Å². The summed E-state index contributed by atoms with van der Waals surface area (Å²) in [5, 5.41) is 0. The molecular formula is C26H25FN2O3S. The standard InChI is InChI=1S/C26H25FN2O3S/c27-25-11-4-3-8-22(25)18-29(23-12-13-23)26(30)20-9-5-10-24(16-20)33(31,32)28-15-14-19-6-1-2-7-21(19)17-28/h1-11,16,23H,12-15,17-18H2. The molecule has 1 heterocycles. The van der Waals surface area contributed by atoms with Gasteiger partial charge >= 0.3 is 0 Å². The van der Waals surface area contributed by atoms with E-state index in [0.717, 1.165) is 18.4 Å². The van der Waals surface area contributed by atoms with Crippen molar-refractivity contribution in [3.63, 3.8) is 0 Å². The second kappa shape index (κ2) is 8.72. The molecule has 33 heavy (non-hydrogen) atoms. The molecule has 0 bridgehead atoms. The quantitative estimate of drug-likeness (QED) is 0.544. The highest BCUT2D eigenvalue weighted by Gasteiger charge is 2.34. The predicted molar refractivity (Wildman–Crippen MR) is 123 cm³/mol. The summed E-state index contributed by atoms with van der Waals surface area (Å²) in [6.45, 7) is 0.882. The number of fused-ring (bicyclic) bond motifs is 1. The van der Waals surface area contributed by atoms with Crippen molar-refractivity contribution >= 4 is 15.9 Å². The first-order valence-electron chi connectivity index (χ1n) is 11.1. The lowest BCUT2D eigenvalue weighted by atomic mass is 10.0. The fourth-order valence-electron chi connectivity index (χ4n) is 4.34. The molecule has 0 N–H and O–H groups in total. The van der Waals surface area contributed by atoms with Crippen LogP contribution in [0.25, 0.3) is 0 Å². The van der Waals surface area contributed by atoms with Gasteiger partial charge in [-0.05, 0) is 54.7 Å². The number of hydrogen-bond donors (Lipinski definition) is 0. The summed E-state index contributed by atoms with van der Waals surface area (Å²) in [6.07, 6.45) is 2.39. The molecule has 0 unspecified atom stereocenters. The molecule has 5 nitrogen and oxygen atoms in total. The fraction of sp³-hybridized carbons (Fsp3) is 0.269. The Kier molecular flexibility index (Phi) is 5.76. The van der Waals surface area contributed by atoms with Gasteiger partial charge in [0, 0.05) is 36.8 Å². The van der Waals surface area contributed by atoms with Crippen molar-refractivity contribution in [2.75, 3.05) is 6.54 Å². The number of nitrogens with zero attached hydrogens (tertiary/aromatic N) is 2. The molecule has 0 atom stereocenters. The van der Waals surface area contributed by atoms with E-state index in [2.05, 4.69) is 0 Å². The van der Waals surface area contributed by atoms with Gasteiger partial charge in [-0.2, -0.15) is 4.31 Å². The van der Waals surface area contributed by atoms with Gasteiger partial charge in [0.25, 0.3) is 5.91 Å². The SMILES string of the molecule is O=C(c1cccc(S(=O)(=O)N2CCc3ccccc3C2)c1)N(Cc1ccccc1F)C1CC1. The highest BCUT2D eigenvalue weighted by Crippen LogP contribution is 2.31. The van der Waals surface area contributed by atoms with Crippen LogP contribution >= 0.6 is 0 Å². The molecule has 3 aromatic rings. The average Bonchev–Trinajstić information content (AvgIpc) is 3.68. The Morgan fingerprint density at radius 3 is 2.45 bits per heavy atom. The normalized spacial score (nSPS) is 16.3. The molecule has 5 rings (SSSR count). The van der Waals surface area contributed by atoms with E-state index in [0.29, 0.717) is 30.6 Å². The van der Waals surface area contributed by atoms with Crippen LogP contribution in [0, 0.1) is 5.82 Å². The lowest BCUT2D eigenvalue weighted by Gasteiger charge is -2.28. The monoisotopic (exact) mass is 464 g/mol. The molecule has 1 aliphatic heterocycles. The van der Waals surface area contributed by atoms with E-state index in [9.17, 15) is 17.6 Å². The summed E-state index contributed by atoms with van der Waals surface area (Å²) < 4.78 is 42.4. The summed E-state index contributed by atoms with van der Waals surface area (Å²) in [4.78, 5) is 15.1. The van der Waals surface area contributed by atoms with Crippen LogP contribution in [0.5, 0.6) is 0 Å². The van der Waals surface area contributed by atoms with Gasteiger partial charge in [-0.1, -0.05) is 48.5 Å². The second-order valence-corrected chi connectivity index (χ2v) is 10.6. The molecule has 1 aliphatic carbocycles. The minimum absolute atomic E-state index is 0.0518. The highest BCUT2D eigenvalue weighted by molar-refractivity contribution is 7.89. The Morgan fingerprint density at radius 1 is 0.970 bits per heavy atom. The van der Waals surface area contributed by atoms with E-state index in [4.69, 9.17) is 0 Å². The largest absolute Gasteiger partial charge is 0.331 e. The van der Waals surface area contributed by atoms with Crippen LogP contribution in [0.1, 0.15) is 39.9 Å². The van der Waals surface area contributed by atoms with Gasteiger partial charge in [-0.3, -0.25) is 4.79 Å². The van der Waals surface area contributed by atoms with Gasteiger partial charge in [0.1, 0.15) is 5.82 Å². The van der Waals surface area contributed by atoms with E-state index >= 15 is 0 Å². The second-order valence-electron chi connectivity index (χ2n) is 8.64. The fourth-order valence-corrected chi connectivity index (χ4v) is 5.81. The van der Waals surface area contributed by atoms with Gasteiger partial charge in [-0.25, -0.2) is 12.8 Å². The van der Waals surface area contributed by atoms with E-state index in [1.807, 2.05) is 24.3 Å². The van der Waals surface area contributed by atoms with E-state index in [1.165, 1.54) is 28.1 Å². The summed E-state index contributed by atoms with van der Waals surface area (Å²) >= 11 is 0. The zero-order valence-electron chi connectivity index (χ0n) is 18.2. The van der Waals surface area contributed by atoms with Crippen molar-refractivity contribution < 1.29 is 17.6 Å². The number of halogens is 1. The number of carbonyl (C=O) groups excluding carboxylic acids is 1. The molecule has 170 valence electrons. The molecule has 0 saturated heterocycles. The zero-order chi connectivity index (χ0) is 23.0. The Balaban J connectivity index is 1.40. The van der Waals surface area contributed by atoms with Crippen molar-refractivity contribution in [2.45, 2.75) is 43.3 Å². The van der Waals surface area contributed by atoms with Crippen LogP contribution in [0.3, 0.4) is 0 Å². The van der Waals surface area contributed by atoms with E-state index in [1.54, 1.807) is 35.2 Å². The molecule has 0 aromatic heterocycles. The predicted octanol–water partition coefficient (Wildman–Crippen LogP) is 4.38. The summed E-state index contributed by atoms with van der Waals surface area (Å²) in [7, 11) is -3.75. The Bertz CT molecular complexity index is 1300. The molecule has 1 saturated carbocycles. The minimum atomic E-state index is -3.75. The van der Waals surface area contributed by atoms with Crippen LogP contribution in [0.15, 0.2) is 77.7 Å². The maximum Gasteiger partial charge on any atom is 0.254 e. The maximum absolute atomic E-state index is 14.2. The van der Waals surface area contributed by atoms with Crippen LogP contribution < -0.4 is 0 Å². The van der Waals surface area contributed by atoms with Gasteiger partial charge in [0.05, 0.1) is 4.90 Å². The minimum Gasteiger partial charge on any atom is -0.331 e. The van der Waals surface area contributed by atoms with Crippen molar-refractivity contribution in [1.29, 1.82) is 0 Å². The summed E-state index contributed by atoms with van der Waals surface area (Å²) in [5.74, 6) is -0.626. The molecule has 1 fully saturated rings. The van der Waals surface area contributed by atoms with Crippen molar-refractivity contribution in [1.82, 2.24) is 9.21 Å². The molecule has 1 amide bonds. The van der Waals surface area contributed by atoms with Gasteiger partial charge in [0.15, 0.2) is 0 Å². The lowest BCUT2D eigenvalue weighted by molar-refractivity contribution is 0.0728. The first-order chi connectivity index (χ1) is 15.9. The Labute approximate surface area is 193 Å². The number of benzene rings is 3. The van der Waals surface area contributed by atoms with Crippen molar-refractivity contribution in [3.8, 4) is 0 Å². The van der Waals surface area contributed by atoms with Gasteiger partial charge in [-0.15, -0.1) is 0 Å². The number of amides is 1. The number of carbonyl (C=O) groups is 1. The third-order valence-electron chi connectivity index (χ3n) is 6.36. The third-order valence-corrected chi connectivity index (χ3v) is 8.20. The summed E-state index contributed by atoms with van der Waals surface area (Å²) in [5.41, 5.74) is 2.93. The third kappa shape index (κ3) is 4.43. The van der Waals surface area contributed by atoms with E-state index < -0.39 is 10.0 Å². The Morgan fingerprint density at radius 2 is 1.70 bits per heavy atom. The molecule has 0 spiro atoms. The zero-order valence-corrected chi connectivity index (χ0v) is 19.0. The average molecular weight is 465 g/mol. The van der Waals surface area contributed by atoms with Crippen LogP contribution in [0.2, 0.25) is 0 Å². The van der Waals surface area contributed by atoms with Gasteiger partial charge < -0.3 is 4.90 Å². The number of hydrogen-bond acceptors (Lipinski definition) is 3. The number of sulfonamides is 1. The Hall–Kier alpha value is -3.03. The smallest absolute Gasteiger partial charge is 0.254 e. The molecule has 2 aliphatic rings. The van der Waals surface area contributed by atoms with Crippen molar-refractivity contribution in [3.05, 3.63) is 101 Å². The van der Waals surface area contributed by atoms with Gasteiger partial charge in [0.2, 0.25) is 10.0 Å². The van der Waals surface area contributed by atoms with Crippen LogP contribution in [-0.2, 0) is 29.5 Å². The van der Waals surface area contributed by atoms with Crippen LogP contribution in [0.4, 0.5) is 4.39 Å². The maximum atomic E-state index is 14.2. The first kappa shape index (κ1) is 21.8. The lowest BCUT2D eigenvalue weighted by Crippen LogP contribution is -2.36. The highest BCUT2D eigenvalue weighted by atomic mass is 32.2. The molecule has 7 heteroatoms. The number of rotatable bonds is 6. The van der Waals surface area contributed by atoms with E-state index in [-0.39, 0.29) is 29.2 Å². The topological polar surface area (TPSA) is 57.7 Å². The molecule has 3 aromatic carbocycles. The summed E-state index contributed by atoms with van der Waals surface area (Å²) in [6, 6.07) is 20.6. The first-order valence-corrected chi connectivity index (χ1v) is 12.6.